The van der Waals surface area contributed by atoms with E-state index in [0.717, 1.165) is 11.6 Å². The summed E-state index contributed by atoms with van der Waals surface area (Å²) in [5.41, 5.74) is 2.30. The van der Waals surface area contributed by atoms with Crippen molar-refractivity contribution in [2.75, 3.05) is 27.2 Å². The monoisotopic (exact) mass is 530 g/mol. The number of benzene rings is 2. The van der Waals surface area contributed by atoms with Gasteiger partial charge >= 0.3 is 0 Å². The predicted molar refractivity (Wildman–Crippen MR) is 127 cm³/mol. The first-order valence-corrected chi connectivity index (χ1v) is 9.62. The third-order valence-corrected chi connectivity index (χ3v) is 4.39. The van der Waals surface area contributed by atoms with Crippen LogP contribution in [0.25, 0.3) is 0 Å². The number of rotatable bonds is 7. The third-order valence-electron chi connectivity index (χ3n) is 4.39. The molecule has 0 saturated heterocycles. The summed E-state index contributed by atoms with van der Waals surface area (Å²) in [5.74, 6) is -1.18. The number of nitrogens with one attached hydrogen (secondary N) is 2. The van der Waals surface area contributed by atoms with Crippen LogP contribution in [0, 0.1) is 11.6 Å². The minimum atomic E-state index is -0.870. The lowest BCUT2D eigenvalue weighted by molar-refractivity contribution is 0.0827. The SMILES string of the molecule is CCNC(=NCCc1cccc(C(=O)N(C)C)c1)NC(C)c1ccc(F)c(F)c1.I. The quantitative estimate of drug-likeness (QED) is 0.322. The smallest absolute Gasteiger partial charge is 0.253 e. The Kier molecular flexibility index (Phi) is 10.7. The molecule has 0 saturated carbocycles. The van der Waals surface area contributed by atoms with E-state index in [4.69, 9.17) is 0 Å². The van der Waals surface area contributed by atoms with Gasteiger partial charge in [0.15, 0.2) is 17.6 Å². The number of carbonyl (C=O) groups excluding carboxylic acids is 1. The van der Waals surface area contributed by atoms with Crippen molar-refractivity contribution in [2.45, 2.75) is 26.3 Å². The Morgan fingerprint density at radius 3 is 2.50 bits per heavy atom. The van der Waals surface area contributed by atoms with Crippen molar-refractivity contribution in [3.8, 4) is 0 Å². The Labute approximate surface area is 194 Å². The summed E-state index contributed by atoms with van der Waals surface area (Å²) >= 11 is 0. The van der Waals surface area contributed by atoms with Crippen LogP contribution in [0.1, 0.15) is 41.4 Å². The van der Waals surface area contributed by atoms with Crippen LogP contribution in [0.3, 0.4) is 0 Å². The molecule has 30 heavy (non-hydrogen) atoms. The fourth-order valence-electron chi connectivity index (χ4n) is 2.81. The first-order valence-electron chi connectivity index (χ1n) is 9.62. The van der Waals surface area contributed by atoms with Gasteiger partial charge in [0.1, 0.15) is 0 Å². The van der Waals surface area contributed by atoms with E-state index in [9.17, 15) is 13.6 Å². The molecule has 0 aliphatic heterocycles. The average molecular weight is 530 g/mol. The van der Waals surface area contributed by atoms with Crippen molar-refractivity contribution in [2.24, 2.45) is 4.99 Å². The predicted octanol–water partition coefficient (Wildman–Crippen LogP) is 4.14. The van der Waals surface area contributed by atoms with Gasteiger partial charge in [-0.1, -0.05) is 18.2 Å². The van der Waals surface area contributed by atoms with E-state index in [1.165, 1.54) is 6.07 Å². The molecule has 5 nitrogen and oxygen atoms in total. The molecule has 0 aliphatic carbocycles. The van der Waals surface area contributed by atoms with Crippen LogP contribution in [0.15, 0.2) is 47.5 Å². The summed E-state index contributed by atoms with van der Waals surface area (Å²) in [4.78, 5) is 18.2. The standard InChI is InChI=1S/C22H28F2N4O.HI/c1-5-25-22(27-15(2)17-9-10-19(23)20(24)14-17)26-12-11-16-7-6-8-18(13-16)21(29)28(3)4;/h6-10,13-15H,5,11-12H2,1-4H3,(H2,25,26,27);1H. The number of hydrogen-bond donors (Lipinski definition) is 2. The Bertz CT molecular complexity index is 874. The van der Waals surface area contributed by atoms with Crippen molar-refractivity contribution >= 4 is 35.8 Å². The lowest BCUT2D eigenvalue weighted by atomic mass is 10.1. The van der Waals surface area contributed by atoms with Crippen molar-refractivity contribution in [3.63, 3.8) is 0 Å². The number of halogens is 3. The molecule has 2 rings (SSSR count). The van der Waals surface area contributed by atoms with Gasteiger partial charge in [0.05, 0.1) is 6.04 Å². The molecule has 2 aromatic carbocycles. The summed E-state index contributed by atoms with van der Waals surface area (Å²) in [6.45, 7) is 4.99. The van der Waals surface area contributed by atoms with Gasteiger partial charge < -0.3 is 15.5 Å². The summed E-state index contributed by atoms with van der Waals surface area (Å²) in [6.07, 6.45) is 0.671. The molecule has 2 N–H and O–H groups in total. The minimum absolute atomic E-state index is 0. The maximum absolute atomic E-state index is 13.5. The summed E-state index contributed by atoms with van der Waals surface area (Å²) in [6, 6.07) is 11.1. The highest BCUT2D eigenvalue weighted by Crippen LogP contribution is 2.16. The highest BCUT2D eigenvalue weighted by Gasteiger charge is 2.11. The summed E-state index contributed by atoms with van der Waals surface area (Å²) in [5, 5.41) is 6.35. The molecule has 0 aromatic heterocycles. The van der Waals surface area contributed by atoms with E-state index in [2.05, 4.69) is 15.6 Å². The van der Waals surface area contributed by atoms with Crippen LogP contribution < -0.4 is 10.6 Å². The molecular weight excluding hydrogens is 501 g/mol. The molecule has 1 amide bonds. The average Bonchev–Trinajstić information content (AvgIpc) is 2.69. The van der Waals surface area contributed by atoms with Gasteiger partial charge in [0.25, 0.3) is 5.91 Å². The molecule has 0 heterocycles. The number of carbonyl (C=O) groups is 1. The van der Waals surface area contributed by atoms with Crippen LogP contribution in [0.2, 0.25) is 0 Å². The van der Waals surface area contributed by atoms with Crippen LogP contribution in [0.4, 0.5) is 8.78 Å². The molecule has 2 aromatic rings. The zero-order valence-corrected chi connectivity index (χ0v) is 20.0. The van der Waals surface area contributed by atoms with Gasteiger partial charge in [-0.05, 0) is 55.7 Å². The van der Waals surface area contributed by atoms with Crippen molar-refractivity contribution in [1.82, 2.24) is 15.5 Å². The normalized spacial score (nSPS) is 12.0. The first-order chi connectivity index (χ1) is 13.8. The van der Waals surface area contributed by atoms with E-state index in [0.29, 0.717) is 36.6 Å². The number of nitrogens with zero attached hydrogens (tertiary/aromatic N) is 2. The highest BCUT2D eigenvalue weighted by atomic mass is 127. The zero-order valence-electron chi connectivity index (χ0n) is 17.7. The second-order valence-corrected chi connectivity index (χ2v) is 6.95. The van der Waals surface area contributed by atoms with Gasteiger partial charge in [-0.15, -0.1) is 24.0 Å². The van der Waals surface area contributed by atoms with E-state index in [-0.39, 0.29) is 35.9 Å². The van der Waals surface area contributed by atoms with E-state index in [1.807, 2.05) is 32.0 Å². The Morgan fingerprint density at radius 1 is 1.13 bits per heavy atom. The Balaban J connectivity index is 0.00000450. The molecule has 0 radical (unpaired) electrons. The number of guanidine groups is 1. The first kappa shape index (κ1) is 25.8. The Hall–Kier alpha value is -2.23. The van der Waals surface area contributed by atoms with Gasteiger partial charge in [0.2, 0.25) is 0 Å². The zero-order chi connectivity index (χ0) is 21.4. The van der Waals surface area contributed by atoms with Crippen molar-refractivity contribution < 1.29 is 13.6 Å². The second-order valence-electron chi connectivity index (χ2n) is 6.95. The molecule has 0 aliphatic rings. The van der Waals surface area contributed by atoms with Crippen LogP contribution in [0.5, 0.6) is 0 Å². The van der Waals surface area contributed by atoms with Gasteiger partial charge in [0, 0.05) is 32.7 Å². The van der Waals surface area contributed by atoms with Crippen LogP contribution in [-0.2, 0) is 6.42 Å². The van der Waals surface area contributed by atoms with Crippen LogP contribution in [-0.4, -0.2) is 44.0 Å². The minimum Gasteiger partial charge on any atom is -0.357 e. The second kappa shape index (κ2) is 12.5. The molecule has 1 atom stereocenters. The van der Waals surface area contributed by atoms with Crippen molar-refractivity contribution in [3.05, 3.63) is 70.8 Å². The maximum atomic E-state index is 13.5. The lowest BCUT2D eigenvalue weighted by Gasteiger charge is -2.18. The molecule has 0 spiro atoms. The molecule has 164 valence electrons. The maximum Gasteiger partial charge on any atom is 0.253 e. The van der Waals surface area contributed by atoms with Gasteiger partial charge in [-0.2, -0.15) is 0 Å². The lowest BCUT2D eigenvalue weighted by Crippen LogP contribution is -2.39. The number of hydrogen-bond acceptors (Lipinski definition) is 2. The third kappa shape index (κ3) is 7.55. The topological polar surface area (TPSA) is 56.7 Å². The van der Waals surface area contributed by atoms with Crippen molar-refractivity contribution in [1.29, 1.82) is 0 Å². The molecule has 0 bridgehead atoms. The summed E-state index contributed by atoms with van der Waals surface area (Å²) < 4.78 is 26.6. The summed E-state index contributed by atoms with van der Waals surface area (Å²) in [7, 11) is 3.45. The molecule has 0 fully saturated rings. The van der Waals surface area contributed by atoms with E-state index < -0.39 is 11.6 Å². The number of aliphatic imine (C=N–C) groups is 1. The molecular formula is C22H29F2IN4O. The van der Waals surface area contributed by atoms with Gasteiger partial charge in [-0.25, -0.2) is 8.78 Å². The van der Waals surface area contributed by atoms with Gasteiger partial charge in [-0.3, -0.25) is 9.79 Å². The van der Waals surface area contributed by atoms with E-state index in [1.54, 1.807) is 31.1 Å². The fourth-order valence-corrected chi connectivity index (χ4v) is 2.81. The largest absolute Gasteiger partial charge is 0.357 e. The Morgan fingerprint density at radius 2 is 1.87 bits per heavy atom. The highest BCUT2D eigenvalue weighted by molar-refractivity contribution is 14.0. The molecule has 8 heteroatoms. The fraction of sp³-hybridized carbons (Fsp3) is 0.364. The molecule has 1 unspecified atom stereocenters. The number of amides is 1. The van der Waals surface area contributed by atoms with E-state index >= 15 is 0 Å². The van der Waals surface area contributed by atoms with Crippen LogP contribution >= 0.6 is 24.0 Å².